The van der Waals surface area contributed by atoms with Crippen LogP contribution in [-0.4, -0.2) is 61.9 Å². The van der Waals surface area contributed by atoms with E-state index in [1.54, 1.807) is 28.8 Å². The van der Waals surface area contributed by atoms with Crippen molar-refractivity contribution in [2.24, 2.45) is 0 Å². The number of rotatable bonds is 7. The van der Waals surface area contributed by atoms with Crippen LogP contribution in [0, 0.1) is 12.7 Å². The molecule has 0 atom stereocenters. The van der Waals surface area contributed by atoms with Crippen LogP contribution in [0.25, 0.3) is 17.0 Å². The number of ether oxygens (including phenoxy) is 1. The summed E-state index contributed by atoms with van der Waals surface area (Å²) in [6.45, 7) is 6.71. The topological polar surface area (TPSA) is 77.6 Å². The maximum Gasteiger partial charge on any atom is 0.258 e. The number of nitrogens with zero attached hydrogens (tertiary/aromatic N) is 6. The highest BCUT2D eigenvalue weighted by Gasteiger charge is 2.17. The van der Waals surface area contributed by atoms with Gasteiger partial charge in [-0.15, -0.1) is 10.2 Å². The lowest BCUT2D eigenvalue weighted by Crippen LogP contribution is -2.38. The van der Waals surface area contributed by atoms with E-state index in [0.717, 1.165) is 49.1 Å². The Hall–Kier alpha value is -3.08. The maximum absolute atomic E-state index is 13.5. The summed E-state index contributed by atoms with van der Waals surface area (Å²) in [6, 6.07) is 11.6. The molecule has 34 heavy (non-hydrogen) atoms. The lowest BCUT2D eigenvalue weighted by molar-refractivity contribution is 0.0361. The first-order valence-electron chi connectivity index (χ1n) is 11.2. The first-order valence-corrected chi connectivity index (χ1v) is 12.2. The van der Waals surface area contributed by atoms with Crippen LogP contribution in [0.3, 0.4) is 0 Å². The van der Waals surface area contributed by atoms with Crippen molar-refractivity contribution in [2.75, 3.05) is 32.8 Å². The third kappa shape index (κ3) is 5.03. The molecule has 1 fully saturated rings. The first kappa shape index (κ1) is 22.7. The Morgan fingerprint density at radius 1 is 1.06 bits per heavy atom. The minimum atomic E-state index is -0.290. The SMILES string of the molecule is Cc1ccc2nc(CSc3nnc(-c4ccc(F)cc4)n3CCN3CCOCC3)cc(=O)n2c1. The van der Waals surface area contributed by atoms with E-state index in [1.807, 2.05) is 19.1 Å². The van der Waals surface area contributed by atoms with Gasteiger partial charge in [-0.25, -0.2) is 9.37 Å². The smallest absolute Gasteiger partial charge is 0.258 e. The Balaban J connectivity index is 1.40. The summed E-state index contributed by atoms with van der Waals surface area (Å²) >= 11 is 1.49. The molecule has 1 aliphatic heterocycles. The Morgan fingerprint density at radius 3 is 2.65 bits per heavy atom. The third-order valence-electron chi connectivity index (χ3n) is 5.77. The van der Waals surface area contributed by atoms with E-state index in [-0.39, 0.29) is 11.4 Å². The van der Waals surface area contributed by atoms with Crippen LogP contribution in [0.5, 0.6) is 0 Å². The van der Waals surface area contributed by atoms with E-state index in [2.05, 4.69) is 24.6 Å². The summed E-state index contributed by atoms with van der Waals surface area (Å²) in [6.07, 6.45) is 1.79. The van der Waals surface area contributed by atoms with E-state index in [4.69, 9.17) is 4.74 Å². The molecular weight excluding hydrogens is 455 g/mol. The van der Waals surface area contributed by atoms with Crippen LogP contribution in [0.2, 0.25) is 0 Å². The number of aromatic nitrogens is 5. The number of aryl methyl sites for hydroxylation is 1. The Bertz CT molecular complexity index is 1350. The van der Waals surface area contributed by atoms with Gasteiger partial charge in [0.25, 0.3) is 5.56 Å². The standard InChI is InChI=1S/C24H25FN6O2S/c1-17-2-7-21-26-20(14-22(32)31(21)15-17)16-34-24-28-27-23(18-3-5-19(25)6-4-18)30(24)9-8-29-10-12-33-13-11-29/h2-7,14-15H,8-13,16H2,1H3. The van der Waals surface area contributed by atoms with Crippen molar-refractivity contribution in [3.05, 3.63) is 76.1 Å². The molecule has 8 nitrogen and oxygen atoms in total. The maximum atomic E-state index is 13.5. The molecule has 1 saturated heterocycles. The number of halogens is 1. The van der Waals surface area contributed by atoms with Crippen LogP contribution < -0.4 is 5.56 Å². The van der Waals surface area contributed by atoms with Gasteiger partial charge in [0.2, 0.25) is 0 Å². The third-order valence-corrected chi connectivity index (χ3v) is 6.77. The highest BCUT2D eigenvalue weighted by atomic mass is 32.2. The van der Waals surface area contributed by atoms with Crippen molar-refractivity contribution < 1.29 is 9.13 Å². The van der Waals surface area contributed by atoms with Gasteiger partial charge in [-0.2, -0.15) is 0 Å². The number of fused-ring (bicyclic) bond motifs is 1. The second-order valence-corrected chi connectivity index (χ2v) is 9.17. The molecule has 0 radical (unpaired) electrons. The molecule has 0 N–H and O–H groups in total. The van der Waals surface area contributed by atoms with Crippen LogP contribution in [0.15, 0.2) is 58.6 Å². The van der Waals surface area contributed by atoms with E-state index in [0.29, 0.717) is 29.5 Å². The highest BCUT2D eigenvalue weighted by Crippen LogP contribution is 2.26. The Morgan fingerprint density at radius 2 is 1.85 bits per heavy atom. The van der Waals surface area contributed by atoms with Gasteiger partial charge in [-0.1, -0.05) is 17.8 Å². The summed E-state index contributed by atoms with van der Waals surface area (Å²) in [7, 11) is 0. The molecule has 0 amide bonds. The molecule has 5 rings (SSSR count). The van der Waals surface area contributed by atoms with Gasteiger partial charge < -0.3 is 9.30 Å². The molecule has 0 aliphatic carbocycles. The van der Waals surface area contributed by atoms with Crippen LogP contribution in [0.1, 0.15) is 11.3 Å². The fourth-order valence-electron chi connectivity index (χ4n) is 3.95. The predicted molar refractivity (Wildman–Crippen MR) is 128 cm³/mol. The van der Waals surface area contributed by atoms with Crippen molar-refractivity contribution >= 4 is 17.4 Å². The summed E-state index contributed by atoms with van der Waals surface area (Å²) in [5.41, 5.74) is 3.00. The fourth-order valence-corrected chi connectivity index (χ4v) is 4.80. The number of hydrogen-bond acceptors (Lipinski definition) is 7. The van der Waals surface area contributed by atoms with Gasteiger partial charge >= 0.3 is 0 Å². The zero-order valence-electron chi connectivity index (χ0n) is 18.9. The van der Waals surface area contributed by atoms with Crippen molar-refractivity contribution in [2.45, 2.75) is 24.4 Å². The molecular formula is C24H25FN6O2S. The number of pyridine rings is 1. The van der Waals surface area contributed by atoms with Crippen LogP contribution in [0.4, 0.5) is 4.39 Å². The van der Waals surface area contributed by atoms with Gasteiger partial charge in [0.05, 0.1) is 18.9 Å². The second-order valence-electron chi connectivity index (χ2n) is 8.23. The number of hydrogen-bond donors (Lipinski definition) is 0. The van der Waals surface area contributed by atoms with Crippen LogP contribution >= 0.6 is 11.8 Å². The first-order chi connectivity index (χ1) is 16.6. The normalized spacial score (nSPS) is 14.6. The summed E-state index contributed by atoms with van der Waals surface area (Å²) in [5.74, 6) is 0.887. The molecule has 0 unspecified atom stereocenters. The molecule has 0 spiro atoms. The summed E-state index contributed by atoms with van der Waals surface area (Å²) < 4.78 is 22.5. The van der Waals surface area contributed by atoms with E-state index >= 15 is 0 Å². The van der Waals surface area contributed by atoms with Crippen molar-refractivity contribution in [3.8, 4) is 11.4 Å². The Labute approximate surface area is 200 Å². The minimum absolute atomic E-state index is 0.106. The molecule has 0 saturated carbocycles. The number of thioether (sulfide) groups is 1. The lowest BCUT2D eigenvalue weighted by atomic mass is 10.2. The average Bonchev–Trinajstić information content (AvgIpc) is 3.26. The van der Waals surface area contributed by atoms with Crippen molar-refractivity contribution in [3.63, 3.8) is 0 Å². The van der Waals surface area contributed by atoms with E-state index in [1.165, 1.54) is 23.9 Å². The predicted octanol–water partition coefficient (Wildman–Crippen LogP) is 3.03. The highest BCUT2D eigenvalue weighted by molar-refractivity contribution is 7.98. The second kappa shape index (κ2) is 10.0. The quantitative estimate of drug-likeness (QED) is 0.376. The van der Waals surface area contributed by atoms with Crippen LogP contribution in [-0.2, 0) is 17.0 Å². The Kier molecular flexibility index (Phi) is 6.70. The van der Waals surface area contributed by atoms with Crippen molar-refractivity contribution in [1.29, 1.82) is 0 Å². The average molecular weight is 481 g/mol. The number of benzene rings is 1. The summed E-state index contributed by atoms with van der Waals surface area (Å²) in [4.78, 5) is 19.5. The zero-order valence-corrected chi connectivity index (χ0v) is 19.7. The van der Waals surface area contributed by atoms with Gasteiger partial charge in [0.1, 0.15) is 11.5 Å². The number of morpholine rings is 1. The lowest BCUT2D eigenvalue weighted by Gasteiger charge is -2.27. The monoisotopic (exact) mass is 480 g/mol. The largest absolute Gasteiger partial charge is 0.379 e. The molecule has 4 aromatic rings. The summed E-state index contributed by atoms with van der Waals surface area (Å²) in [5, 5.41) is 9.56. The van der Waals surface area contributed by atoms with E-state index < -0.39 is 0 Å². The van der Waals surface area contributed by atoms with Gasteiger partial charge in [-0.3, -0.25) is 14.1 Å². The van der Waals surface area contributed by atoms with Crippen molar-refractivity contribution in [1.82, 2.24) is 29.0 Å². The van der Waals surface area contributed by atoms with Gasteiger partial charge in [0.15, 0.2) is 11.0 Å². The zero-order chi connectivity index (χ0) is 23.5. The molecule has 4 heterocycles. The molecule has 0 bridgehead atoms. The molecule has 3 aromatic heterocycles. The molecule has 10 heteroatoms. The molecule has 176 valence electrons. The molecule has 1 aromatic carbocycles. The minimum Gasteiger partial charge on any atom is -0.379 e. The fraction of sp³-hybridized carbons (Fsp3) is 0.333. The van der Waals surface area contributed by atoms with Gasteiger partial charge in [-0.05, 0) is 42.8 Å². The van der Waals surface area contributed by atoms with Gasteiger partial charge in [0, 0.05) is 49.8 Å². The van der Waals surface area contributed by atoms with E-state index in [9.17, 15) is 9.18 Å². The molecule has 1 aliphatic rings.